The van der Waals surface area contributed by atoms with E-state index in [-0.39, 0.29) is 44.4 Å². The van der Waals surface area contributed by atoms with Gasteiger partial charge in [-0.15, -0.1) is 0 Å². The number of carbonyl (C=O) groups is 2. The molecular formula is C33H35F6N3O3. The van der Waals surface area contributed by atoms with E-state index in [1.165, 1.54) is 4.90 Å². The fraction of sp³-hybridized carbons (Fsp3) is 0.394. The van der Waals surface area contributed by atoms with Crippen molar-refractivity contribution in [3.63, 3.8) is 0 Å². The lowest BCUT2D eigenvalue weighted by Gasteiger charge is -2.30. The van der Waals surface area contributed by atoms with E-state index in [0.29, 0.717) is 37.2 Å². The van der Waals surface area contributed by atoms with Crippen molar-refractivity contribution in [2.75, 3.05) is 40.3 Å². The molecular weight excluding hydrogens is 600 g/mol. The number of benzene rings is 3. The Labute approximate surface area is 258 Å². The highest BCUT2D eigenvalue weighted by molar-refractivity contribution is 5.95. The summed E-state index contributed by atoms with van der Waals surface area (Å²) in [7, 11) is 3.55. The van der Waals surface area contributed by atoms with Gasteiger partial charge in [-0.1, -0.05) is 48.5 Å². The molecule has 1 saturated heterocycles. The van der Waals surface area contributed by atoms with Crippen LogP contribution in [0, 0.1) is 0 Å². The molecule has 1 atom stereocenters. The van der Waals surface area contributed by atoms with E-state index >= 15 is 0 Å². The van der Waals surface area contributed by atoms with Crippen LogP contribution in [-0.4, -0.2) is 66.9 Å². The van der Waals surface area contributed by atoms with Gasteiger partial charge in [0, 0.05) is 43.7 Å². The lowest BCUT2D eigenvalue weighted by Crippen LogP contribution is -2.38. The summed E-state index contributed by atoms with van der Waals surface area (Å²) in [6.45, 7) is 1.57. The monoisotopic (exact) mass is 635 g/mol. The molecule has 6 nitrogen and oxygen atoms in total. The molecule has 1 heterocycles. The second-order valence-electron chi connectivity index (χ2n) is 11.0. The van der Waals surface area contributed by atoms with Crippen molar-refractivity contribution < 1.29 is 40.7 Å². The second-order valence-corrected chi connectivity index (χ2v) is 11.0. The summed E-state index contributed by atoms with van der Waals surface area (Å²) in [4.78, 5) is 31.9. The smallest absolute Gasteiger partial charge is 0.416 e. The molecule has 3 aromatic rings. The molecule has 0 aromatic heterocycles. The van der Waals surface area contributed by atoms with E-state index in [1.807, 2.05) is 31.3 Å². The normalized spacial score (nSPS) is 16.1. The van der Waals surface area contributed by atoms with Crippen molar-refractivity contribution >= 4 is 11.8 Å². The topological polar surface area (TPSA) is 53.1 Å². The molecule has 0 N–H and O–H groups in total. The summed E-state index contributed by atoms with van der Waals surface area (Å²) >= 11 is 0. The molecule has 1 unspecified atom stereocenters. The van der Waals surface area contributed by atoms with Crippen molar-refractivity contribution in [3.8, 4) is 5.75 Å². The van der Waals surface area contributed by atoms with Gasteiger partial charge in [0.2, 0.25) is 5.91 Å². The number of amides is 2. The van der Waals surface area contributed by atoms with Crippen LogP contribution in [0.15, 0.2) is 72.8 Å². The van der Waals surface area contributed by atoms with Crippen LogP contribution in [0.5, 0.6) is 5.75 Å². The third-order valence-corrected chi connectivity index (χ3v) is 7.86. The SMILES string of the molecule is COc1ccccc1CN(C)CCCC(=O)N1CCC(c2ccccc2)N(C(=O)c2cc(C(F)(F)F)cc(C(F)(F)F)c2)CC1. The fourth-order valence-electron chi connectivity index (χ4n) is 5.55. The van der Waals surface area contributed by atoms with E-state index in [2.05, 4.69) is 4.90 Å². The van der Waals surface area contributed by atoms with Gasteiger partial charge in [-0.05, 0) is 56.3 Å². The number of ether oxygens (including phenoxy) is 1. The number of para-hydroxylation sites is 1. The van der Waals surface area contributed by atoms with Gasteiger partial charge >= 0.3 is 12.4 Å². The second kappa shape index (κ2) is 14.4. The molecule has 1 aliphatic heterocycles. The minimum absolute atomic E-state index is 0.00205. The number of nitrogens with zero attached hydrogens (tertiary/aromatic N) is 3. The molecule has 4 rings (SSSR count). The van der Waals surface area contributed by atoms with Gasteiger partial charge < -0.3 is 19.4 Å². The Kier molecular flexibility index (Phi) is 10.8. The number of alkyl halides is 6. The van der Waals surface area contributed by atoms with Crippen LogP contribution >= 0.6 is 0 Å². The molecule has 0 bridgehead atoms. The van der Waals surface area contributed by atoms with Gasteiger partial charge in [0.25, 0.3) is 5.91 Å². The van der Waals surface area contributed by atoms with E-state index in [1.54, 1.807) is 42.3 Å². The zero-order valence-electron chi connectivity index (χ0n) is 25.0. The Hall–Kier alpha value is -4.06. The zero-order valence-corrected chi connectivity index (χ0v) is 25.0. The summed E-state index contributed by atoms with van der Waals surface area (Å²) in [5.74, 6) is -0.329. The Balaban J connectivity index is 1.49. The predicted octanol–water partition coefficient (Wildman–Crippen LogP) is 7.06. The van der Waals surface area contributed by atoms with Crippen molar-refractivity contribution in [3.05, 3.63) is 101 Å². The minimum Gasteiger partial charge on any atom is -0.496 e. The summed E-state index contributed by atoms with van der Waals surface area (Å²) < 4.78 is 86.6. The van der Waals surface area contributed by atoms with E-state index in [4.69, 9.17) is 4.74 Å². The summed E-state index contributed by atoms with van der Waals surface area (Å²) in [6, 6.07) is 16.6. The van der Waals surface area contributed by atoms with Crippen LogP contribution in [0.2, 0.25) is 0 Å². The maximum absolute atomic E-state index is 13.7. The van der Waals surface area contributed by atoms with E-state index in [9.17, 15) is 35.9 Å². The van der Waals surface area contributed by atoms with Gasteiger partial charge in [-0.3, -0.25) is 9.59 Å². The number of rotatable bonds is 9. The Morgan fingerprint density at radius 3 is 2.11 bits per heavy atom. The molecule has 12 heteroatoms. The predicted molar refractivity (Wildman–Crippen MR) is 156 cm³/mol. The van der Waals surface area contributed by atoms with Gasteiger partial charge in [0.1, 0.15) is 5.75 Å². The van der Waals surface area contributed by atoms with Gasteiger partial charge in [0.05, 0.1) is 24.3 Å². The van der Waals surface area contributed by atoms with E-state index in [0.717, 1.165) is 11.3 Å². The number of carbonyl (C=O) groups excluding carboxylic acids is 2. The first-order valence-corrected chi connectivity index (χ1v) is 14.5. The molecule has 1 aliphatic rings. The lowest BCUT2D eigenvalue weighted by atomic mass is 9.99. The highest BCUT2D eigenvalue weighted by atomic mass is 19.4. The molecule has 3 aromatic carbocycles. The third-order valence-electron chi connectivity index (χ3n) is 7.86. The third kappa shape index (κ3) is 8.78. The Morgan fingerprint density at radius 1 is 0.867 bits per heavy atom. The van der Waals surface area contributed by atoms with Crippen LogP contribution in [0.4, 0.5) is 26.3 Å². The molecule has 0 spiro atoms. The van der Waals surface area contributed by atoms with Gasteiger partial charge in [-0.2, -0.15) is 26.3 Å². The molecule has 242 valence electrons. The minimum atomic E-state index is -5.08. The first kappa shape index (κ1) is 33.8. The molecule has 0 radical (unpaired) electrons. The molecule has 0 aliphatic carbocycles. The molecule has 1 fully saturated rings. The molecule has 2 amide bonds. The number of hydrogen-bond donors (Lipinski definition) is 0. The number of hydrogen-bond acceptors (Lipinski definition) is 4. The van der Waals surface area contributed by atoms with Crippen molar-refractivity contribution in [1.29, 1.82) is 0 Å². The highest BCUT2D eigenvalue weighted by Crippen LogP contribution is 2.37. The van der Waals surface area contributed by atoms with Gasteiger partial charge in [-0.25, -0.2) is 0 Å². The lowest BCUT2D eigenvalue weighted by molar-refractivity contribution is -0.143. The first-order chi connectivity index (χ1) is 21.3. The fourth-order valence-corrected chi connectivity index (χ4v) is 5.55. The van der Waals surface area contributed by atoms with Gasteiger partial charge in [0.15, 0.2) is 0 Å². The summed E-state index contributed by atoms with van der Waals surface area (Å²) in [5.41, 5.74) is -2.14. The maximum atomic E-state index is 13.7. The average Bonchev–Trinajstić information content (AvgIpc) is 3.23. The quantitative estimate of drug-likeness (QED) is 0.236. The Morgan fingerprint density at radius 2 is 1.49 bits per heavy atom. The number of methoxy groups -OCH3 is 1. The maximum Gasteiger partial charge on any atom is 0.416 e. The standard InChI is InChI=1S/C33H35F6N3O3/c1-40(22-24-11-6-7-12-29(24)45-2)15-8-13-30(43)41-16-14-28(23-9-4-3-5-10-23)42(18-17-41)31(44)25-19-26(32(34,35)36)21-27(20-25)33(37,38)39/h3-7,9-12,19-21,28H,8,13-18,22H2,1-2H3. The van der Waals surface area contributed by atoms with Crippen LogP contribution in [0.25, 0.3) is 0 Å². The number of halogens is 6. The Bertz CT molecular complexity index is 1430. The average molecular weight is 636 g/mol. The molecule has 45 heavy (non-hydrogen) atoms. The van der Waals surface area contributed by atoms with Crippen LogP contribution in [0.1, 0.15) is 57.9 Å². The van der Waals surface area contributed by atoms with Crippen molar-refractivity contribution in [2.24, 2.45) is 0 Å². The van der Waals surface area contributed by atoms with Crippen LogP contribution in [-0.2, 0) is 23.7 Å². The first-order valence-electron chi connectivity index (χ1n) is 14.5. The zero-order chi connectivity index (χ0) is 32.8. The summed E-state index contributed by atoms with van der Waals surface area (Å²) in [5, 5.41) is 0. The van der Waals surface area contributed by atoms with E-state index < -0.39 is 41.0 Å². The van der Waals surface area contributed by atoms with Crippen LogP contribution in [0.3, 0.4) is 0 Å². The van der Waals surface area contributed by atoms with Crippen LogP contribution < -0.4 is 4.74 Å². The van der Waals surface area contributed by atoms with Crippen molar-refractivity contribution in [1.82, 2.24) is 14.7 Å². The van der Waals surface area contributed by atoms with Crippen molar-refractivity contribution in [2.45, 2.75) is 44.2 Å². The summed E-state index contributed by atoms with van der Waals surface area (Å²) in [6.07, 6.45) is -9.10. The highest BCUT2D eigenvalue weighted by Gasteiger charge is 2.39. The molecule has 0 saturated carbocycles. The largest absolute Gasteiger partial charge is 0.496 e.